The van der Waals surface area contributed by atoms with Crippen LogP contribution in [0.4, 0.5) is 5.69 Å². The van der Waals surface area contributed by atoms with Crippen molar-refractivity contribution in [3.8, 4) is 11.5 Å². The number of likely N-dealkylation sites (tertiary alicyclic amines) is 1. The Morgan fingerprint density at radius 3 is 2.66 bits per heavy atom. The Hall–Kier alpha value is -3.79. The topological polar surface area (TPSA) is 146 Å². The molecule has 4 heterocycles. The summed E-state index contributed by atoms with van der Waals surface area (Å²) in [5, 5.41) is 19.9. The summed E-state index contributed by atoms with van der Waals surface area (Å²) < 4.78 is 17.9. The molecule has 3 N–H and O–H groups in total. The molecule has 15 heteroatoms. The first-order chi connectivity index (χ1) is 28.2. The van der Waals surface area contributed by atoms with Crippen molar-refractivity contribution >= 4 is 46.3 Å². The predicted molar refractivity (Wildman–Crippen MR) is 226 cm³/mol. The number of aromatic nitrogens is 1. The van der Waals surface area contributed by atoms with Crippen LogP contribution in [-0.4, -0.2) is 127 Å². The lowest BCUT2D eigenvalue weighted by Gasteiger charge is -2.47. The number of carbonyl (C=O) groups excluding carboxylic acids is 3. The second-order valence-corrected chi connectivity index (χ2v) is 16.7. The molecular weight excluding hydrogens is 780 g/mol. The quantitative estimate of drug-likeness (QED) is 0.0958. The summed E-state index contributed by atoms with van der Waals surface area (Å²) in [6.07, 6.45) is 7.02. The molecule has 2 aromatic carbocycles. The molecule has 0 saturated carbocycles. The number of hydrogen-bond donors (Lipinski definition) is 3. The maximum atomic E-state index is 13.2. The molecule has 316 valence electrons. The van der Waals surface area contributed by atoms with Gasteiger partial charge >= 0.3 is 0 Å². The van der Waals surface area contributed by atoms with Crippen molar-refractivity contribution in [3.63, 3.8) is 0 Å². The molecule has 0 bridgehead atoms. The Bertz CT molecular complexity index is 1850. The fourth-order valence-electron chi connectivity index (χ4n) is 7.83. The van der Waals surface area contributed by atoms with Crippen molar-refractivity contribution in [1.82, 2.24) is 25.0 Å². The number of morpholine rings is 1. The number of carbonyl (C=O) groups is 3. The van der Waals surface area contributed by atoms with Gasteiger partial charge in [0.2, 0.25) is 5.91 Å². The number of anilines is 1. The summed E-state index contributed by atoms with van der Waals surface area (Å²) in [5.74, 6) is 0.346. The zero-order valence-electron chi connectivity index (χ0n) is 34.0. The second-order valence-electron chi connectivity index (χ2n) is 15.4. The summed E-state index contributed by atoms with van der Waals surface area (Å²) in [6.45, 7) is 12.0. The molecule has 2 saturated heterocycles. The monoisotopic (exact) mass is 838 g/mol. The van der Waals surface area contributed by atoms with Crippen LogP contribution in [0.1, 0.15) is 84.6 Å². The number of aromatic hydroxyl groups is 1. The minimum atomic E-state index is -0.320. The Balaban J connectivity index is 0.876. The smallest absolute Gasteiger partial charge is 0.273 e. The second kappa shape index (κ2) is 21.5. The van der Waals surface area contributed by atoms with Crippen LogP contribution < -0.4 is 15.4 Å². The third kappa shape index (κ3) is 11.7. The van der Waals surface area contributed by atoms with E-state index in [9.17, 15) is 19.5 Å². The van der Waals surface area contributed by atoms with Crippen molar-refractivity contribution in [2.75, 3.05) is 84.1 Å². The number of nitrogens with zero attached hydrogens (tertiary/aromatic N) is 4. The molecule has 3 amide bonds. The fourth-order valence-corrected chi connectivity index (χ4v) is 8.83. The van der Waals surface area contributed by atoms with Crippen molar-refractivity contribution < 1.29 is 33.7 Å². The largest absolute Gasteiger partial charge is 0.506 e. The average Bonchev–Trinajstić information content (AvgIpc) is 3.72. The summed E-state index contributed by atoms with van der Waals surface area (Å²) in [6, 6.07) is 9.58. The van der Waals surface area contributed by atoms with Crippen LogP contribution in [0.5, 0.6) is 11.5 Å². The van der Waals surface area contributed by atoms with Crippen molar-refractivity contribution in [1.29, 1.82) is 0 Å². The molecule has 1 spiro atoms. The van der Waals surface area contributed by atoms with E-state index in [4.69, 9.17) is 25.8 Å². The number of rotatable bonds is 20. The highest BCUT2D eigenvalue weighted by Gasteiger charge is 2.41. The van der Waals surface area contributed by atoms with E-state index in [0.29, 0.717) is 82.4 Å². The number of benzene rings is 2. The maximum absolute atomic E-state index is 13.2. The third-order valence-electron chi connectivity index (χ3n) is 11.2. The van der Waals surface area contributed by atoms with Gasteiger partial charge in [-0.25, -0.2) is 4.98 Å². The first-order valence-electron chi connectivity index (χ1n) is 20.9. The Morgan fingerprint density at radius 2 is 1.86 bits per heavy atom. The van der Waals surface area contributed by atoms with Crippen LogP contribution in [0.15, 0.2) is 35.7 Å². The van der Waals surface area contributed by atoms with E-state index in [2.05, 4.69) is 46.5 Å². The number of piperidine rings is 1. The number of amides is 3. The number of hydrogen-bond acceptors (Lipinski definition) is 11. The molecule has 1 aromatic heterocycles. The molecule has 0 unspecified atom stereocenters. The Kier molecular flexibility index (Phi) is 16.2. The van der Waals surface area contributed by atoms with Gasteiger partial charge in [0.1, 0.15) is 17.1 Å². The summed E-state index contributed by atoms with van der Waals surface area (Å²) >= 11 is 8.49. The number of thiazole rings is 1. The van der Waals surface area contributed by atoms with Gasteiger partial charge in [-0.3, -0.25) is 19.3 Å². The zero-order valence-corrected chi connectivity index (χ0v) is 35.6. The first-order valence-corrected chi connectivity index (χ1v) is 22.1. The molecule has 2 fully saturated rings. The highest BCUT2D eigenvalue weighted by atomic mass is 35.5. The number of nitrogens with one attached hydrogen (secondary N) is 2. The van der Waals surface area contributed by atoms with E-state index < -0.39 is 0 Å². The minimum absolute atomic E-state index is 0.00376. The highest BCUT2D eigenvalue weighted by molar-refractivity contribution is 7.09. The molecule has 13 nitrogen and oxygen atoms in total. The zero-order chi connectivity index (χ0) is 40.9. The number of halogens is 1. The van der Waals surface area contributed by atoms with Gasteiger partial charge in [0.05, 0.1) is 43.4 Å². The van der Waals surface area contributed by atoms with E-state index in [1.807, 2.05) is 27.3 Å². The molecule has 6 rings (SSSR count). The SMILES string of the molecule is CCCCN(CCCNCCc1ccc(O)c2c1OCC(=O)N2)C(=O)CCOCCc1cccc(CN2CCC3(CC2)CN(C(=O)c2csc(CC)n2)CCO3)c1Cl. The predicted octanol–water partition coefficient (Wildman–Crippen LogP) is 5.70. The van der Waals surface area contributed by atoms with E-state index >= 15 is 0 Å². The summed E-state index contributed by atoms with van der Waals surface area (Å²) in [7, 11) is 0. The molecule has 0 atom stereocenters. The Morgan fingerprint density at radius 1 is 1.05 bits per heavy atom. The van der Waals surface area contributed by atoms with E-state index in [1.165, 1.54) is 0 Å². The van der Waals surface area contributed by atoms with Gasteiger partial charge in [-0.1, -0.05) is 56.1 Å². The Labute approximate surface area is 351 Å². The van der Waals surface area contributed by atoms with Gasteiger partial charge in [-0.15, -0.1) is 11.3 Å². The van der Waals surface area contributed by atoms with Gasteiger partial charge in [0, 0.05) is 49.7 Å². The first kappa shape index (κ1) is 43.8. The summed E-state index contributed by atoms with van der Waals surface area (Å²) in [4.78, 5) is 48.9. The van der Waals surface area contributed by atoms with Crippen LogP contribution in [0, 0.1) is 0 Å². The number of phenolic OH excluding ortho intramolecular Hbond substituents is 1. The highest BCUT2D eigenvalue weighted by Crippen LogP contribution is 2.39. The van der Waals surface area contributed by atoms with E-state index in [0.717, 1.165) is 98.0 Å². The number of fused-ring (bicyclic) bond motifs is 1. The lowest BCUT2D eigenvalue weighted by molar-refractivity contribution is -0.132. The van der Waals surface area contributed by atoms with Crippen LogP contribution in [0.3, 0.4) is 0 Å². The lowest BCUT2D eigenvalue weighted by Crippen LogP contribution is -2.58. The third-order valence-corrected chi connectivity index (χ3v) is 12.7. The molecule has 3 aliphatic rings. The molecule has 3 aliphatic heterocycles. The van der Waals surface area contributed by atoms with Crippen molar-refractivity contribution in [3.05, 3.63) is 68.1 Å². The number of aryl methyl sites for hydroxylation is 1. The van der Waals surface area contributed by atoms with E-state index in [-0.39, 0.29) is 35.7 Å². The summed E-state index contributed by atoms with van der Waals surface area (Å²) in [5.41, 5.74) is 3.60. The number of ether oxygens (including phenoxy) is 3. The normalized spacial score (nSPS) is 16.5. The van der Waals surface area contributed by atoms with Gasteiger partial charge < -0.3 is 39.8 Å². The molecular formula is C43H59ClN6O7S. The van der Waals surface area contributed by atoms with Gasteiger partial charge in [-0.05, 0) is 80.8 Å². The molecule has 58 heavy (non-hydrogen) atoms. The molecule has 0 radical (unpaired) electrons. The molecule has 0 aliphatic carbocycles. The minimum Gasteiger partial charge on any atom is -0.506 e. The van der Waals surface area contributed by atoms with E-state index in [1.54, 1.807) is 17.4 Å². The van der Waals surface area contributed by atoms with Crippen molar-refractivity contribution in [2.24, 2.45) is 0 Å². The number of unbranched alkanes of at least 4 members (excludes halogenated alkanes) is 1. The van der Waals surface area contributed by atoms with Crippen LogP contribution in [0.2, 0.25) is 5.02 Å². The van der Waals surface area contributed by atoms with Gasteiger partial charge in [0.15, 0.2) is 12.4 Å². The van der Waals surface area contributed by atoms with Crippen LogP contribution in [-0.2, 0) is 44.9 Å². The van der Waals surface area contributed by atoms with Gasteiger partial charge in [-0.2, -0.15) is 0 Å². The van der Waals surface area contributed by atoms with Crippen LogP contribution >= 0.6 is 22.9 Å². The van der Waals surface area contributed by atoms with Crippen LogP contribution in [0.25, 0.3) is 0 Å². The standard InChI is InChI=1S/C43H59ClN6O7S/c1-3-5-19-49(20-7-17-45-18-12-32-10-11-35(51)40-41(32)56-28-36(52)47-40)38(53)14-25-55-24-13-31-8-6-9-33(39(31)44)27-48-21-15-43(16-22-48)30-50(23-26-57-43)42(54)34-29-58-37(4-2)46-34/h6,8-11,29,45,51H,3-5,7,12-28,30H2,1-2H3,(H,47,52). The maximum Gasteiger partial charge on any atom is 0.273 e. The number of phenols is 1. The average molecular weight is 839 g/mol. The lowest BCUT2D eigenvalue weighted by atomic mass is 9.89. The van der Waals surface area contributed by atoms with Crippen molar-refractivity contribution in [2.45, 2.75) is 83.8 Å². The fraction of sp³-hybridized carbons (Fsp3) is 0.581. The molecule has 3 aromatic rings. The van der Waals surface area contributed by atoms with Gasteiger partial charge in [0.25, 0.3) is 11.8 Å².